The molecule has 0 aliphatic rings. The van der Waals surface area contributed by atoms with Gasteiger partial charge in [0.15, 0.2) is 11.7 Å². The van der Waals surface area contributed by atoms with Crippen molar-refractivity contribution in [2.45, 2.75) is 13.3 Å². The highest BCUT2D eigenvalue weighted by molar-refractivity contribution is 7.80. The summed E-state index contributed by atoms with van der Waals surface area (Å²) in [7, 11) is 0. The first kappa shape index (κ1) is 20.4. The second-order valence-electron chi connectivity index (χ2n) is 6.32. The predicted molar refractivity (Wildman–Crippen MR) is 121 cm³/mol. The lowest BCUT2D eigenvalue weighted by molar-refractivity contribution is -0.123. The van der Waals surface area contributed by atoms with Crippen molar-refractivity contribution in [2.24, 2.45) is 0 Å². The topological polar surface area (TPSA) is 62.4 Å². The molecular weight excluding hydrogens is 382 g/mol. The van der Waals surface area contributed by atoms with Gasteiger partial charge in [-0.1, -0.05) is 67.6 Å². The number of thiocarbonyl (C=S) groups is 1. The first-order valence-electron chi connectivity index (χ1n) is 9.37. The van der Waals surface area contributed by atoms with Gasteiger partial charge in [-0.25, -0.2) is 0 Å². The molecular formula is C23H23N3O2S. The fraction of sp³-hybridized carbons (Fsp3) is 0.130. The SMILES string of the molecule is CCc1ccccc1NC(=S)NNC(=O)COc1ccc(-c2ccccc2)cc1. The van der Waals surface area contributed by atoms with Crippen molar-refractivity contribution < 1.29 is 9.53 Å². The summed E-state index contributed by atoms with van der Waals surface area (Å²) in [6.07, 6.45) is 0.884. The lowest BCUT2D eigenvalue weighted by atomic mass is 10.1. The molecule has 0 spiro atoms. The molecule has 0 aliphatic carbocycles. The maximum Gasteiger partial charge on any atom is 0.276 e. The number of aryl methyl sites for hydroxylation is 1. The molecule has 5 nitrogen and oxygen atoms in total. The van der Waals surface area contributed by atoms with E-state index < -0.39 is 0 Å². The molecule has 3 aromatic carbocycles. The molecule has 0 aromatic heterocycles. The van der Waals surface area contributed by atoms with Gasteiger partial charge in [0.1, 0.15) is 5.75 Å². The summed E-state index contributed by atoms with van der Waals surface area (Å²) in [5, 5.41) is 3.39. The standard InChI is InChI=1S/C23H23N3O2S/c1-2-17-8-6-7-11-21(17)24-23(29)26-25-22(27)16-28-20-14-12-19(13-15-20)18-9-4-3-5-10-18/h3-15H,2,16H2,1H3,(H,25,27)(H2,24,26,29). The van der Waals surface area contributed by atoms with Crippen molar-refractivity contribution >= 4 is 28.9 Å². The monoisotopic (exact) mass is 405 g/mol. The molecule has 148 valence electrons. The third kappa shape index (κ3) is 6.05. The van der Waals surface area contributed by atoms with Crippen LogP contribution < -0.4 is 20.9 Å². The number of anilines is 1. The molecule has 0 saturated carbocycles. The van der Waals surface area contributed by atoms with E-state index in [0.29, 0.717) is 10.9 Å². The molecule has 0 unspecified atom stereocenters. The third-order valence-corrected chi connectivity index (χ3v) is 4.50. The number of hydrogen-bond donors (Lipinski definition) is 3. The zero-order chi connectivity index (χ0) is 20.5. The van der Waals surface area contributed by atoms with Gasteiger partial charge < -0.3 is 10.1 Å². The molecule has 0 aliphatic heterocycles. The minimum atomic E-state index is -0.329. The Balaban J connectivity index is 1.43. The molecule has 3 aromatic rings. The van der Waals surface area contributed by atoms with Crippen molar-refractivity contribution in [1.82, 2.24) is 10.9 Å². The number of rotatable bonds is 6. The Morgan fingerprint density at radius 2 is 1.52 bits per heavy atom. The summed E-state index contributed by atoms with van der Waals surface area (Å²) < 4.78 is 5.53. The van der Waals surface area contributed by atoms with Crippen LogP contribution in [-0.4, -0.2) is 17.6 Å². The zero-order valence-corrected chi connectivity index (χ0v) is 17.0. The van der Waals surface area contributed by atoms with Crippen LogP contribution in [0.25, 0.3) is 11.1 Å². The molecule has 0 fully saturated rings. The number of benzene rings is 3. The Morgan fingerprint density at radius 1 is 0.862 bits per heavy atom. The second-order valence-corrected chi connectivity index (χ2v) is 6.73. The van der Waals surface area contributed by atoms with Crippen LogP contribution >= 0.6 is 12.2 Å². The summed E-state index contributed by atoms with van der Waals surface area (Å²) >= 11 is 5.22. The van der Waals surface area contributed by atoms with Gasteiger partial charge in [-0.3, -0.25) is 15.6 Å². The van der Waals surface area contributed by atoms with E-state index in [9.17, 15) is 4.79 Å². The number of carbonyl (C=O) groups is 1. The highest BCUT2D eigenvalue weighted by Crippen LogP contribution is 2.22. The lowest BCUT2D eigenvalue weighted by Crippen LogP contribution is -2.45. The number of carbonyl (C=O) groups excluding carboxylic acids is 1. The zero-order valence-electron chi connectivity index (χ0n) is 16.1. The summed E-state index contributed by atoms with van der Waals surface area (Å²) in [6.45, 7) is 1.95. The number of ether oxygens (including phenoxy) is 1. The van der Waals surface area contributed by atoms with Crippen LogP contribution in [-0.2, 0) is 11.2 Å². The molecule has 3 N–H and O–H groups in total. The van der Waals surface area contributed by atoms with Crippen molar-refractivity contribution in [3.8, 4) is 16.9 Å². The smallest absolute Gasteiger partial charge is 0.276 e. The molecule has 0 bridgehead atoms. The normalized spacial score (nSPS) is 10.1. The number of para-hydroxylation sites is 1. The fourth-order valence-electron chi connectivity index (χ4n) is 2.79. The maximum absolute atomic E-state index is 12.0. The van der Waals surface area contributed by atoms with E-state index in [1.807, 2.05) is 78.9 Å². The van der Waals surface area contributed by atoms with E-state index in [2.05, 4.69) is 23.1 Å². The van der Waals surface area contributed by atoms with Crippen LogP contribution in [0, 0.1) is 0 Å². The van der Waals surface area contributed by atoms with Gasteiger partial charge in [0, 0.05) is 5.69 Å². The predicted octanol–water partition coefficient (Wildman–Crippen LogP) is 4.31. The minimum absolute atomic E-state index is 0.119. The molecule has 0 heterocycles. The molecule has 29 heavy (non-hydrogen) atoms. The Kier molecular flexibility index (Phi) is 7.19. The first-order valence-corrected chi connectivity index (χ1v) is 9.78. The van der Waals surface area contributed by atoms with Gasteiger partial charge in [-0.2, -0.15) is 0 Å². The van der Waals surface area contributed by atoms with Crippen molar-refractivity contribution in [3.05, 3.63) is 84.4 Å². The van der Waals surface area contributed by atoms with Gasteiger partial charge in [0.2, 0.25) is 0 Å². The minimum Gasteiger partial charge on any atom is -0.484 e. The average molecular weight is 406 g/mol. The fourth-order valence-corrected chi connectivity index (χ4v) is 2.95. The number of nitrogens with one attached hydrogen (secondary N) is 3. The molecule has 0 radical (unpaired) electrons. The number of hydrogen-bond acceptors (Lipinski definition) is 3. The van der Waals surface area contributed by atoms with Gasteiger partial charge in [0.05, 0.1) is 0 Å². The van der Waals surface area contributed by atoms with E-state index in [4.69, 9.17) is 17.0 Å². The van der Waals surface area contributed by atoms with Gasteiger partial charge in [-0.05, 0) is 53.5 Å². The highest BCUT2D eigenvalue weighted by Gasteiger charge is 2.06. The quantitative estimate of drug-likeness (QED) is 0.421. The van der Waals surface area contributed by atoms with Gasteiger partial charge >= 0.3 is 0 Å². The molecule has 0 atom stereocenters. The van der Waals surface area contributed by atoms with Crippen molar-refractivity contribution in [3.63, 3.8) is 0 Å². The van der Waals surface area contributed by atoms with Crippen LogP contribution in [0.3, 0.4) is 0 Å². The van der Waals surface area contributed by atoms with E-state index in [1.165, 1.54) is 0 Å². The van der Waals surface area contributed by atoms with Gasteiger partial charge in [0.25, 0.3) is 5.91 Å². The molecule has 6 heteroatoms. The van der Waals surface area contributed by atoms with Crippen molar-refractivity contribution in [2.75, 3.05) is 11.9 Å². The Hall–Kier alpha value is -3.38. The Bertz CT molecular complexity index is 959. The molecule has 0 saturated heterocycles. The Labute approximate surface area is 176 Å². The largest absolute Gasteiger partial charge is 0.484 e. The average Bonchev–Trinajstić information content (AvgIpc) is 2.77. The van der Waals surface area contributed by atoms with Gasteiger partial charge in [-0.15, -0.1) is 0 Å². The second kappa shape index (κ2) is 10.2. The lowest BCUT2D eigenvalue weighted by Gasteiger charge is -2.14. The molecule has 1 amide bonds. The van der Waals surface area contributed by atoms with E-state index >= 15 is 0 Å². The third-order valence-electron chi connectivity index (χ3n) is 4.29. The van der Waals surface area contributed by atoms with Crippen LogP contribution in [0.15, 0.2) is 78.9 Å². The maximum atomic E-state index is 12.0. The number of amides is 1. The van der Waals surface area contributed by atoms with Crippen LogP contribution in [0.2, 0.25) is 0 Å². The van der Waals surface area contributed by atoms with E-state index in [1.54, 1.807) is 0 Å². The summed E-state index contributed by atoms with van der Waals surface area (Å²) in [6, 6.07) is 25.6. The van der Waals surface area contributed by atoms with Crippen LogP contribution in [0.5, 0.6) is 5.75 Å². The highest BCUT2D eigenvalue weighted by atomic mass is 32.1. The number of hydrazine groups is 1. The summed E-state index contributed by atoms with van der Waals surface area (Å²) in [5.41, 5.74) is 9.50. The first-order chi connectivity index (χ1) is 14.2. The van der Waals surface area contributed by atoms with Crippen LogP contribution in [0.4, 0.5) is 5.69 Å². The van der Waals surface area contributed by atoms with Crippen LogP contribution in [0.1, 0.15) is 12.5 Å². The van der Waals surface area contributed by atoms with Crippen molar-refractivity contribution in [1.29, 1.82) is 0 Å². The molecule has 3 rings (SSSR count). The Morgan fingerprint density at radius 3 is 2.24 bits per heavy atom. The van der Waals surface area contributed by atoms with E-state index in [0.717, 1.165) is 28.8 Å². The summed E-state index contributed by atoms with van der Waals surface area (Å²) in [5.74, 6) is 0.294. The summed E-state index contributed by atoms with van der Waals surface area (Å²) in [4.78, 5) is 12.0. The van der Waals surface area contributed by atoms with E-state index in [-0.39, 0.29) is 12.5 Å².